The number of aliphatic hydroxyl groups excluding tert-OH is 1. The third-order valence-corrected chi connectivity index (χ3v) is 9.68. The molecule has 0 atom stereocenters. The summed E-state index contributed by atoms with van der Waals surface area (Å²) < 4.78 is 22.5. The van der Waals surface area contributed by atoms with E-state index in [1.165, 1.54) is 56.6 Å². The molecule has 0 spiro atoms. The van der Waals surface area contributed by atoms with Crippen molar-refractivity contribution in [3.63, 3.8) is 0 Å². The van der Waals surface area contributed by atoms with Crippen LogP contribution in [0.15, 0.2) is 33.2 Å². The largest absolute Gasteiger partial charge is 0.444 e. The number of likely N-dealkylation sites (N-methyl/N-ethyl adjacent to an activating group) is 3. The van der Waals surface area contributed by atoms with Gasteiger partial charge in [-0.2, -0.15) is 19.2 Å². The van der Waals surface area contributed by atoms with Crippen LogP contribution < -0.4 is 5.73 Å². The maximum Gasteiger partial charge on any atom is 0.410 e. The first-order chi connectivity index (χ1) is 34.2. The predicted octanol–water partition coefficient (Wildman–Crippen LogP) is 9.80. The molecule has 0 heterocycles. The van der Waals surface area contributed by atoms with Crippen LogP contribution in [0.2, 0.25) is 0 Å². The Morgan fingerprint density at radius 3 is 1.12 bits per heavy atom. The summed E-state index contributed by atoms with van der Waals surface area (Å²) in [5, 5.41) is 8.53. The number of halogens is 2. The van der Waals surface area contributed by atoms with E-state index in [0.29, 0.717) is 25.7 Å². The molecule has 4 amide bonds. The number of benzene rings is 2. The van der Waals surface area contributed by atoms with Gasteiger partial charge in [-0.05, 0) is 175 Å². The minimum Gasteiger partial charge on any atom is -0.444 e. The highest BCUT2D eigenvalue weighted by Crippen LogP contribution is 2.24. The standard InChI is InChI=1S/C18H28BrNO2.C9H12BrN.C8H17NO3.2C8H15NO3.2CO2/c1-7-14-11-16(19)12-15(13(14)2)9-8-10-20(6)17(21)22-18(3,4)5;1-3-7-4-8(10)5-9(11)6(7)2;3*1-8(2,3)12-7(11)9(4)5-6-10;2*2-1-3/h11-12H,7-10H2,1-6H3;4-5H,3,11H2,1-2H3;10H,5-6H2,1-4H3;2*6H,5H2,1-4H3;;. The van der Waals surface area contributed by atoms with E-state index in [0.717, 1.165) is 40.3 Å². The van der Waals surface area contributed by atoms with Crippen molar-refractivity contribution in [3.05, 3.63) is 61.0 Å². The molecule has 3 N–H and O–H groups in total. The molecule has 20 nitrogen and oxygen atoms in total. The average molecular weight is 1190 g/mol. The molecule has 0 aromatic heterocycles. The summed E-state index contributed by atoms with van der Waals surface area (Å²) in [6.45, 7) is 31.4. The van der Waals surface area contributed by atoms with Gasteiger partial charge in [0.1, 0.15) is 35.0 Å². The molecule has 75 heavy (non-hydrogen) atoms. The van der Waals surface area contributed by atoms with Crippen LogP contribution in [-0.2, 0) is 67.0 Å². The van der Waals surface area contributed by atoms with Crippen LogP contribution in [-0.4, -0.2) is 157 Å². The number of nitrogen functional groups attached to an aromatic ring is 1. The Morgan fingerprint density at radius 2 is 0.827 bits per heavy atom. The maximum atomic E-state index is 11.9. The summed E-state index contributed by atoms with van der Waals surface area (Å²) in [5.74, 6) is 0. The van der Waals surface area contributed by atoms with Crippen molar-refractivity contribution >= 4 is 86.8 Å². The second kappa shape index (κ2) is 40.6. The van der Waals surface area contributed by atoms with Gasteiger partial charge in [-0.15, -0.1) is 0 Å². The van der Waals surface area contributed by atoms with Crippen LogP contribution in [0.1, 0.15) is 131 Å². The summed E-state index contributed by atoms with van der Waals surface area (Å²) in [6, 6.07) is 8.42. The van der Waals surface area contributed by atoms with Crippen molar-refractivity contribution in [1.29, 1.82) is 0 Å². The summed E-state index contributed by atoms with van der Waals surface area (Å²) in [7, 11) is 6.41. The van der Waals surface area contributed by atoms with Crippen molar-refractivity contribution in [1.82, 2.24) is 19.6 Å². The van der Waals surface area contributed by atoms with Gasteiger partial charge >= 0.3 is 36.7 Å². The molecule has 0 aliphatic heterocycles. The Kier molecular flexibility index (Phi) is 42.4. The molecule has 0 bridgehead atoms. The van der Waals surface area contributed by atoms with Gasteiger partial charge in [0, 0.05) is 55.9 Å². The number of hydrogen-bond donors (Lipinski definition) is 2. The molecule has 428 valence electrons. The zero-order valence-corrected chi connectivity index (χ0v) is 51.3. The Labute approximate surface area is 462 Å². The Morgan fingerprint density at radius 1 is 0.547 bits per heavy atom. The fourth-order valence-corrected chi connectivity index (χ4v) is 6.20. The van der Waals surface area contributed by atoms with Gasteiger partial charge in [0.2, 0.25) is 0 Å². The van der Waals surface area contributed by atoms with E-state index in [2.05, 4.69) is 77.8 Å². The lowest BCUT2D eigenvalue weighted by Crippen LogP contribution is -2.35. The van der Waals surface area contributed by atoms with Crippen molar-refractivity contribution in [2.75, 3.05) is 66.7 Å². The first-order valence-corrected chi connectivity index (χ1v) is 25.4. The number of anilines is 1. The predicted molar refractivity (Wildman–Crippen MR) is 294 cm³/mol. The number of carbonyl (C=O) groups is 6. The van der Waals surface area contributed by atoms with Crippen molar-refractivity contribution in [2.45, 2.75) is 159 Å². The molecule has 0 fully saturated rings. The van der Waals surface area contributed by atoms with Crippen LogP contribution >= 0.6 is 31.9 Å². The molecule has 0 radical (unpaired) electrons. The van der Waals surface area contributed by atoms with Gasteiger partial charge in [-0.25, -0.2) is 19.2 Å². The first-order valence-electron chi connectivity index (χ1n) is 23.8. The van der Waals surface area contributed by atoms with Crippen LogP contribution in [0, 0.1) is 13.8 Å². The van der Waals surface area contributed by atoms with Gasteiger partial charge in [-0.1, -0.05) is 45.7 Å². The summed E-state index contributed by atoms with van der Waals surface area (Å²) >= 11 is 6.99. The fraction of sp³-hybridized carbons (Fsp3) is 0.623. The molecular formula is C53H87Br2N5O15. The fourth-order valence-electron chi connectivity index (χ4n) is 5.12. The summed E-state index contributed by atoms with van der Waals surface area (Å²) in [4.78, 5) is 103. The molecule has 0 aliphatic rings. The summed E-state index contributed by atoms with van der Waals surface area (Å²) in [5.41, 5.74) is 11.3. The third kappa shape index (κ3) is 45.5. The lowest BCUT2D eigenvalue weighted by Gasteiger charge is -2.24. The summed E-state index contributed by atoms with van der Waals surface area (Å²) in [6.07, 6.45) is 4.16. The van der Waals surface area contributed by atoms with E-state index in [4.69, 9.17) is 49.0 Å². The molecule has 0 saturated carbocycles. The molecule has 22 heteroatoms. The molecule has 2 aromatic rings. The molecule has 0 aliphatic carbocycles. The second-order valence-electron chi connectivity index (χ2n) is 20.2. The molecule has 0 saturated heterocycles. The van der Waals surface area contributed by atoms with Crippen molar-refractivity contribution in [3.8, 4) is 0 Å². The zero-order chi connectivity index (χ0) is 60.1. The third-order valence-electron chi connectivity index (χ3n) is 8.76. The quantitative estimate of drug-likeness (QED) is 0.114. The number of nitrogens with zero attached hydrogens (tertiary/aromatic N) is 4. The number of aldehydes is 2. The van der Waals surface area contributed by atoms with Gasteiger partial charge in [0.15, 0.2) is 0 Å². The van der Waals surface area contributed by atoms with Crippen molar-refractivity contribution < 1.29 is 72.0 Å². The normalized spacial score (nSPS) is 10.2. The number of nitrogens with two attached hydrogens (primary N) is 1. The van der Waals surface area contributed by atoms with Gasteiger partial charge in [0.05, 0.1) is 19.7 Å². The van der Waals surface area contributed by atoms with E-state index in [1.54, 1.807) is 81.3 Å². The highest BCUT2D eigenvalue weighted by Gasteiger charge is 2.22. The number of carbonyl (C=O) groups excluding carboxylic acids is 10. The van der Waals surface area contributed by atoms with Gasteiger partial charge in [0.25, 0.3) is 0 Å². The van der Waals surface area contributed by atoms with Gasteiger partial charge < -0.3 is 59.0 Å². The zero-order valence-electron chi connectivity index (χ0n) is 48.1. The first kappa shape index (κ1) is 78.2. The van der Waals surface area contributed by atoms with E-state index >= 15 is 0 Å². The number of rotatable bonds is 12. The highest BCUT2D eigenvalue weighted by molar-refractivity contribution is 9.10. The lowest BCUT2D eigenvalue weighted by molar-refractivity contribution is -0.193. The second-order valence-corrected chi connectivity index (χ2v) is 22.0. The number of hydrogen-bond acceptors (Lipinski definition) is 16. The van der Waals surface area contributed by atoms with Crippen LogP contribution in [0.4, 0.5) is 24.9 Å². The van der Waals surface area contributed by atoms with Gasteiger partial charge in [-0.3, -0.25) is 0 Å². The van der Waals surface area contributed by atoms with Crippen LogP contribution in [0.3, 0.4) is 0 Å². The van der Waals surface area contributed by atoms with E-state index in [-0.39, 0.29) is 38.1 Å². The Bertz CT molecular complexity index is 2030. The molecular weight excluding hydrogens is 1110 g/mol. The van der Waals surface area contributed by atoms with Crippen LogP contribution in [0.25, 0.3) is 0 Å². The Balaban J connectivity index is -0.000000272. The average Bonchev–Trinajstić information content (AvgIpc) is 3.25. The number of ether oxygens (including phenoxy) is 4. The molecule has 0 unspecified atom stereocenters. The van der Waals surface area contributed by atoms with E-state index in [1.807, 2.05) is 26.8 Å². The van der Waals surface area contributed by atoms with E-state index in [9.17, 15) is 28.8 Å². The minimum atomic E-state index is -0.506. The molecule has 2 rings (SSSR count). The Hall–Kier alpha value is -5.66. The SMILES string of the molecule is CCc1cc(Br)cc(CCCN(C)C(=O)OC(C)(C)C)c1C.CCc1cc(Br)cc(N)c1C.CN(CC=O)C(=O)OC(C)(C)C.CN(CC=O)C(=O)OC(C)(C)C.CN(CCO)C(=O)OC(C)(C)C.O=C=O.O=C=O. The monoisotopic (exact) mass is 1190 g/mol. The smallest absolute Gasteiger partial charge is 0.410 e. The van der Waals surface area contributed by atoms with E-state index < -0.39 is 40.7 Å². The molecule has 2 aromatic carbocycles. The lowest BCUT2D eigenvalue weighted by atomic mass is 9.97. The topological polar surface area (TPSA) is 267 Å². The van der Waals surface area contributed by atoms with Crippen LogP contribution in [0.5, 0.6) is 0 Å². The van der Waals surface area contributed by atoms with Crippen molar-refractivity contribution in [2.24, 2.45) is 0 Å². The number of aryl methyl sites for hydroxylation is 3. The minimum absolute atomic E-state index is 0.0459. The highest BCUT2D eigenvalue weighted by atomic mass is 79.9. The number of amides is 4. The maximum absolute atomic E-state index is 11.9. The number of aliphatic hydroxyl groups is 1.